The van der Waals surface area contributed by atoms with Gasteiger partial charge in [0, 0.05) is 18.7 Å². The first-order valence-corrected chi connectivity index (χ1v) is 14.0. The highest BCUT2D eigenvalue weighted by Crippen LogP contribution is 2.32. The molecule has 0 saturated heterocycles. The van der Waals surface area contributed by atoms with Crippen LogP contribution >= 0.6 is 0 Å². The second-order valence-corrected chi connectivity index (χ2v) is 10.8. The molecule has 2 aromatic carbocycles. The molecule has 1 amide bonds. The number of rotatable bonds is 11. The van der Waals surface area contributed by atoms with Crippen molar-refractivity contribution in [2.24, 2.45) is 0 Å². The Morgan fingerprint density at radius 1 is 1.14 bits per heavy atom. The van der Waals surface area contributed by atoms with Crippen molar-refractivity contribution >= 4 is 33.3 Å². The van der Waals surface area contributed by atoms with Crippen molar-refractivity contribution in [2.45, 2.75) is 52.4 Å². The van der Waals surface area contributed by atoms with E-state index in [0.717, 1.165) is 34.0 Å². The molecule has 0 fully saturated rings. The van der Waals surface area contributed by atoms with Crippen molar-refractivity contribution in [3.05, 3.63) is 59.2 Å². The van der Waals surface area contributed by atoms with E-state index < -0.39 is 16.0 Å². The van der Waals surface area contributed by atoms with Crippen LogP contribution < -0.4 is 9.21 Å². The molecule has 0 unspecified atom stereocenters. The van der Waals surface area contributed by atoms with E-state index in [1.54, 1.807) is 42.2 Å². The molecule has 2 aromatic rings. The maximum atomic E-state index is 13.1. The molecule has 0 bridgehead atoms. The predicted octanol–water partition coefficient (Wildman–Crippen LogP) is 3.97. The summed E-state index contributed by atoms with van der Waals surface area (Å²) in [5.74, 6) is -0.665. The lowest BCUT2D eigenvalue weighted by Gasteiger charge is -2.31. The Kier molecular flexibility index (Phi) is 9.48. The van der Waals surface area contributed by atoms with Gasteiger partial charge in [-0.05, 0) is 74.1 Å². The van der Waals surface area contributed by atoms with Crippen molar-refractivity contribution in [3.63, 3.8) is 0 Å². The van der Waals surface area contributed by atoms with Crippen LogP contribution in [0.25, 0.3) is 0 Å². The third-order valence-electron chi connectivity index (χ3n) is 6.15. The molecule has 0 radical (unpaired) electrons. The minimum Gasteiger partial charge on any atom is -0.465 e. The first-order valence-electron chi connectivity index (χ1n) is 12.4. The van der Waals surface area contributed by atoms with Crippen LogP contribution in [-0.4, -0.2) is 45.7 Å². The molecule has 36 heavy (non-hydrogen) atoms. The number of nitrogens with zero attached hydrogens (tertiary/aromatic N) is 3. The molecule has 3 rings (SSSR count). The van der Waals surface area contributed by atoms with E-state index in [4.69, 9.17) is 10.00 Å². The van der Waals surface area contributed by atoms with E-state index in [9.17, 15) is 18.0 Å². The minimum absolute atomic E-state index is 0.00740. The van der Waals surface area contributed by atoms with E-state index in [-0.39, 0.29) is 24.8 Å². The highest BCUT2D eigenvalue weighted by Gasteiger charge is 2.28. The van der Waals surface area contributed by atoms with Crippen LogP contribution in [0.4, 0.5) is 11.4 Å². The van der Waals surface area contributed by atoms with Gasteiger partial charge < -0.3 is 9.64 Å². The summed E-state index contributed by atoms with van der Waals surface area (Å²) in [5.41, 5.74) is 3.63. The van der Waals surface area contributed by atoms with Gasteiger partial charge in [-0.1, -0.05) is 25.5 Å². The first kappa shape index (κ1) is 27.2. The Hall–Kier alpha value is -3.38. The topological polar surface area (TPSA) is 108 Å². The summed E-state index contributed by atoms with van der Waals surface area (Å²) >= 11 is 0. The smallest absolute Gasteiger partial charge is 0.326 e. The standard InChI is InChI=1S/C27H33N3O5S/c1-3-5-17-36(33,34)30(20-27(32)35-4-2)24-13-14-25-23(18-24)7-6-16-29(25)26(31)15-12-21-8-10-22(19-28)11-9-21/h8-11,13-14,18H,3-7,12,15-17,20H2,1-2H3. The maximum Gasteiger partial charge on any atom is 0.326 e. The van der Waals surface area contributed by atoms with Crippen LogP contribution in [-0.2, 0) is 37.2 Å². The van der Waals surface area contributed by atoms with E-state index in [0.29, 0.717) is 43.5 Å². The molecule has 1 aliphatic heterocycles. The third-order valence-corrected chi connectivity index (χ3v) is 7.97. The molecule has 9 heteroatoms. The zero-order valence-corrected chi connectivity index (χ0v) is 21.7. The number of ether oxygens (including phenoxy) is 1. The average Bonchev–Trinajstić information content (AvgIpc) is 2.89. The maximum absolute atomic E-state index is 13.1. The van der Waals surface area contributed by atoms with Gasteiger partial charge in [0.05, 0.1) is 29.7 Å². The summed E-state index contributed by atoms with van der Waals surface area (Å²) < 4.78 is 32.3. The van der Waals surface area contributed by atoms with Gasteiger partial charge in [0.2, 0.25) is 15.9 Å². The molecule has 0 spiro atoms. The molecule has 0 atom stereocenters. The molecule has 0 N–H and O–H groups in total. The third kappa shape index (κ3) is 6.85. The van der Waals surface area contributed by atoms with Crippen molar-refractivity contribution in [3.8, 4) is 6.07 Å². The van der Waals surface area contributed by atoms with Crippen LogP contribution in [0, 0.1) is 11.3 Å². The predicted molar refractivity (Wildman–Crippen MR) is 139 cm³/mol. The lowest BCUT2D eigenvalue weighted by Crippen LogP contribution is -2.39. The lowest BCUT2D eigenvalue weighted by molar-refractivity contribution is -0.141. The van der Waals surface area contributed by atoms with Crippen LogP contribution in [0.15, 0.2) is 42.5 Å². The van der Waals surface area contributed by atoms with E-state index in [2.05, 4.69) is 6.07 Å². The van der Waals surface area contributed by atoms with Crippen molar-refractivity contribution in [1.82, 2.24) is 0 Å². The molecule has 1 aliphatic rings. The normalized spacial score (nSPS) is 13.0. The number of hydrogen-bond donors (Lipinski definition) is 0. The number of fused-ring (bicyclic) bond motifs is 1. The van der Waals surface area contributed by atoms with Gasteiger partial charge in [-0.25, -0.2) is 8.42 Å². The largest absolute Gasteiger partial charge is 0.465 e. The van der Waals surface area contributed by atoms with E-state index in [1.807, 2.05) is 19.1 Å². The van der Waals surface area contributed by atoms with Gasteiger partial charge in [0.15, 0.2) is 0 Å². The molecule has 192 valence electrons. The molecule has 1 heterocycles. The number of carbonyl (C=O) groups is 2. The first-order chi connectivity index (χ1) is 17.3. The van der Waals surface area contributed by atoms with Gasteiger partial charge in [-0.2, -0.15) is 5.26 Å². The fourth-order valence-electron chi connectivity index (χ4n) is 4.24. The Balaban J connectivity index is 1.80. The molecule has 0 aliphatic carbocycles. The Labute approximate surface area is 213 Å². The van der Waals surface area contributed by atoms with Crippen LogP contribution in [0.2, 0.25) is 0 Å². The Bertz CT molecular complexity index is 1220. The molecular formula is C27H33N3O5S. The lowest BCUT2D eigenvalue weighted by atomic mass is 9.99. The molecular weight excluding hydrogens is 478 g/mol. The summed E-state index contributed by atoms with van der Waals surface area (Å²) in [6, 6.07) is 14.5. The number of aryl methyl sites for hydroxylation is 2. The van der Waals surface area contributed by atoms with Crippen LogP contribution in [0.3, 0.4) is 0 Å². The number of carbonyl (C=O) groups excluding carboxylic acids is 2. The second kappa shape index (κ2) is 12.5. The fourth-order valence-corrected chi connectivity index (χ4v) is 5.85. The van der Waals surface area contributed by atoms with Gasteiger partial charge in [0.25, 0.3) is 0 Å². The van der Waals surface area contributed by atoms with Gasteiger partial charge in [0.1, 0.15) is 6.54 Å². The highest BCUT2D eigenvalue weighted by atomic mass is 32.2. The van der Waals surface area contributed by atoms with Crippen molar-refractivity contribution in [1.29, 1.82) is 5.26 Å². The zero-order valence-electron chi connectivity index (χ0n) is 20.9. The number of hydrogen-bond acceptors (Lipinski definition) is 6. The summed E-state index contributed by atoms with van der Waals surface area (Å²) in [4.78, 5) is 27.0. The van der Waals surface area contributed by atoms with Gasteiger partial charge >= 0.3 is 5.97 Å². The number of amides is 1. The fraction of sp³-hybridized carbons (Fsp3) is 0.444. The minimum atomic E-state index is -3.72. The molecule has 8 nitrogen and oxygen atoms in total. The number of benzene rings is 2. The van der Waals surface area contributed by atoms with E-state index in [1.165, 1.54) is 0 Å². The molecule has 0 aromatic heterocycles. The number of esters is 1. The van der Waals surface area contributed by atoms with E-state index >= 15 is 0 Å². The monoisotopic (exact) mass is 511 g/mol. The SMILES string of the molecule is CCCCS(=O)(=O)N(CC(=O)OCC)c1ccc2c(c1)CCCN2C(=O)CCc1ccc(C#N)cc1. The summed E-state index contributed by atoms with van der Waals surface area (Å²) in [5, 5.41) is 8.94. The Morgan fingerprint density at radius 3 is 2.56 bits per heavy atom. The quantitative estimate of drug-likeness (QED) is 0.423. The highest BCUT2D eigenvalue weighted by molar-refractivity contribution is 7.92. The molecule has 0 saturated carbocycles. The summed E-state index contributed by atoms with van der Waals surface area (Å²) in [7, 11) is -3.72. The van der Waals surface area contributed by atoms with Gasteiger partial charge in [-0.3, -0.25) is 13.9 Å². The number of nitriles is 1. The van der Waals surface area contributed by atoms with Crippen LogP contribution in [0.1, 0.15) is 56.2 Å². The summed E-state index contributed by atoms with van der Waals surface area (Å²) in [6.45, 7) is 3.98. The van der Waals surface area contributed by atoms with Crippen molar-refractivity contribution in [2.75, 3.05) is 34.7 Å². The zero-order chi connectivity index (χ0) is 26.1. The Morgan fingerprint density at radius 2 is 1.89 bits per heavy atom. The number of unbranched alkanes of at least 4 members (excludes halogenated alkanes) is 1. The number of sulfonamides is 1. The van der Waals surface area contributed by atoms with Gasteiger partial charge in [-0.15, -0.1) is 0 Å². The average molecular weight is 512 g/mol. The van der Waals surface area contributed by atoms with Crippen LogP contribution in [0.5, 0.6) is 0 Å². The van der Waals surface area contributed by atoms with Crippen molar-refractivity contribution < 1.29 is 22.7 Å². The second-order valence-electron chi connectivity index (χ2n) is 8.75. The summed E-state index contributed by atoms with van der Waals surface area (Å²) in [6.07, 6.45) is 3.58. The number of anilines is 2.